The van der Waals surface area contributed by atoms with Crippen molar-refractivity contribution in [1.82, 2.24) is 0 Å². The minimum atomic E-state index is -1.14. The predicted octanol–water partition coefficient (Wildman–Crippen LogP) is 4.26. The van der Waals surface area contributed by atoms with Gasteiger partial charge in [0, 0.05) is 5.56 Å². The summed E-state index contributed by atoms with van der Waals surface area (Å²) < 4.78 is 11.0. The zero-order valence-electron chi connectivity index (χ0n) is 15.5. The van der Waals surface area contributed by atoms with Crippen LogP contribution in [-0.2, 0) is 16.0 Å². The van der Waals surface area contributed by atoms with Crippen molar-refractivity contribution in [1.29, 1.82) is 0 Å². The highest BCUT2D eigenvalue weighted by Gasteiger charge is 2.53. The number of rotatable bonds is 4. The van der Waals surface area contributed by atoms with Gasteiger partial charge in [0.25, 0.3) is 0 Å². The van der Waals surface area contributed by atoms with Crippen LogP contribution < -0.4 is 4.74 Å². The maximum atomic E-state index is 13.3. The largest absolute Gasteiger partial charge is 0.497 e. The summed E-state index contributed by atoms with van der Waals surface area (Å²) in [7, 11) is 1.60. The number of methoxy groups -OCH3 is 1. The summed E-state index contributed by atoms with van der Waals surface area (Å²) in [6, 6.07) is 5.41. The van der Waals surface area contributed by atoms with Crippen LogP contribution in [0.2, 0.25) is 0 Å². The second-order valence-corrected chi connectivity index (χ2v) is 8.04. The fourth-order valence-corrected chi connectivity index (χ4v) is 3.77. The first-order chi connectivity index (χ1) is 11.7. The molecule has 3 rings (SSSR count). The Kier molecular flexibility index (Phi) is 4.48. The van der Waals surface area contributed by atoms with Crippen LogP contribution in [0.3, 0.4) is 0 Å². The van der Waals surface area contributed by atoms with Gasteiger partial charge in [-0.2, -0.15) is 0 Å². The van der Waals surface area contributed by atoms with Gasteiger partial charge < -0.3 is 9.47 Å². The SMILES string of the molecule is COc1ccc2c(c1)C[C@](CC1=CCCC1)(C(=O)OC(C)(C)C)C2=O. The van der Waals surface area contributed by atoms with Crippen LogP contribution in [0.5, 0.6) is 5.75 Å². The van der Waals surface area contributed by atoms with Crippen molar-refractivity contribution in [2.75, 3.05) is 7.11 Å². The molecule has 2 aliphatic carbocycles. The lowest BCUT2D eigenvalue weighted by Crippen LogP contribution is -2.42. The Balaban J connectivity index is 2.00. The van der Waals surface area contributed by atoms with Gasteiger partial charge in [-0.15, -0.1) is 0 Å². The van der Waals surface area contributed by atoms with E-state index in [0.29, 0.717) is 24.2 Å². The molecule has 0 bridgehead atoms. The van der Waals surface area contributed by atoms with Crippen molar-refractivity contribution < 1.29 is 19.1 Å². The van der Waals surface area contributed by atoms with E-state index in [1.54, 1.807) is 19.2 Å². The fourth-order valence-electron chi connectivity index (χ4n) is 3.77. The molecule has 1 aromatic rings. The first-order valence-corrected chi connectivity index (χ1v) is 8.88. The zero-order chi connectivity index (χ0) is 18.2. The zero-order valence-corrected chi connectivity index (χ0v) is 15.5. The minimum absolute atomic E-state index is 0.118. The normalized spacial score (nSPS) is 22.6. The lowest BCUT2D eigenvalue weighted by molar-refractivity contribution is -0.164. The van der Waals surface area contributed by atoms with Crippen LogP contribution in [0.25, 0.3) is 0 Å². The number of allylic oxidation sites excluding steroid dienone is 2. The summed E-state index contributed by atoms with van der Waals surface area (Å²) in [4.78, 5) is 26.4. The monoisotopic (exact) mass is 342 g/mol. The quantitative estimate of drug-likeness (QED) is 0.466. The van der Waals surface area contributed by atoms with Gasteiger partial charge in [-0.1, -0.05) is 11.6 Å². The van der Waals surface area contributed by atoms with Gasteiger partial charge in [0.05, 0.1) is 7.11 Å². The standard InChI is InChI=1S/C21H26O4/c1-20(2,3)25-19(23)21(12-14-7-5-6-8-14)13-15-11-16(24-4)9-10-17(15)18(21)22/h7,9-11H,5-6,8,12-13H2,1-4H3/t21-/m0/s1. The van der Waals surface area contributed by atoms with Gasteiger partial charge in [0.1, 0.15) is 16.8 Å². The molecule has 0 spiro atoms. The summed E-state index contributed by atoms with van der Waals surface area (Å²) in [6.07, 6.45) is 6.08. The molecule has 0 saturated heterocycles. The van der Waals surface area contributed by atoms with Crippen LogP contribution >= 0.6 is 0 Å². The molecule has 0 aromatic heterocycles. The van der Waals surface area contributed by atoms with Gasteiger partial charge in [0.15, 0.2) is 5.78 Å². The van der Waals surface area contributed by atoms with Crippen molar-refractivity contribution in [2.45, 2.75) is 58.5 Å². The maximum absolute atomic E-state index is 13.3. The minimum Gasteiger partial charge on any atom is -0.497 e. The number of ketones is 1. The van der Waals surface area contributed by atoms with E-state index in [1.807, 2.05) is 26.8 Å². The van der Waals surface area contributed by atoms with E-state index in [4.69, 9.17) is 9.47 Å². The highest BCUT2D eigenvalue weighted by molar-refractivity contribution is 6.16. The first kappa shape index (κ1) is 17.7. The van der Waals surface area contributed by atoms with Gasteiger partial charge in [0.2, 0.25) is 0 Å². The Morgan fingerprint density at radius 2 is 2.04 bits per heavy atom. The topological polar surface area (TPSA) is 52.6 Å². The number of carbonyl (C=O) groups is 2. The number of carbonyl (C=O) groups excluding carboxylic acids is 2. The van der Waals surface area contributed by atoms with Crippen LogP contribution in [0.15, 0.2) is 29.8 Å². The van der Waals surface area contributed by atoms with Crippen LogP contribution in [-0.4, -0.2) is 24.5 Å². The second-order valence-electron chi connectivity index (χ2n) is 8.04. The van der Waals surface area contributed by atoms with Crippen molar-refractivity contribution in [3.05, 3.63) is 41.0 Å². The molecule has 1 aromatic carbocycles. The molecule has 134 valence electrons. The third kappa shape index (κ3) is 3.35. The number of ether oxygens (including phenoxy) is 2. The molecule has 4 nitrogen and oxygen atoms in total. The predicted molar refractivity (Wildman–Crippen MR) is 95.9 cm³/mol. The molecular weight excluding hydrogens is 316 g/mol. The lowest BCUT2D eigenvalue weighted by Gasteiger charge is -2.30. The first-order valence-electron chi connectivity index (χ1n) is 8.88. The van der Waals surface area contributed by atoms with E-state index < -0.39 is 17.0 Å². The molecule has 0 saturated carbocycles. The van der Waals surface area contributed by atoms with E-state index in [0.717, 1.165) is 24.8 Å². The van der Waals surface area contributed by atoms with Gasteiger partial charge in [-0.25, -0.2) is 0 Å². The van der Waals surface area contributed by atoms with Crippen LogP contribution in [0.4, 0.5) is 0 Å². The van der Waals surface area contributed by atoms with Gasteiger partial charge in [-0.3, -0.25) is 9.59 Å². The molecule has 0 aliphatic heterocycles. The number of hydrogen-bond acceptors (Lipinski definition) is 4. The Labute approximate surface area is 149 Å². The number of Topliss-reactive ketones (excluding diaryl/α,β-unsaturated/α-hetero) is 1. The molecule has 2 aliphatic rings. The van der Waals surface area contributed by atoms with Crippen LogP contribution in [0, 0.1) is 5.41 Å². The van der Waals surface area contributed by atoms with Crippen molar-refractivity contribution in [2.24, 2.45) is 5.41 Å². The van der Waals surface area contributed by atoms with E-state index >= 15 is 0 Å². The molecule has 0 heterocycles. The highest BCUT2D eigenvalue weighted by Crippen LogP contribution is 2.45. The van der Waals surface area contributed by atoms with E-state index in [2.05, 4.69) is 6.08 Å². The average Bonchev–Trinajstić information content (AvgIpc) is 3.13. The summed E-state index contributed by atoms with van der Waals surface area (Å²) in [6.45, 7) is 5.51. The second kappa shape index (κ2) is 6.32. The Morgan fingerprint density at radius 1 is 1.28 bits per heavy atom. The Bertz CT molecular complexity index is 739. The van der Waals surface area contributed by atoms with Gasteiger partial charge in [-0.05, 0) is 76.6 Å². The van der Waals surface area contributed by atoms with Crippen LogP contribution in [0.1, 0.15) is 62.4 Å². The summed E-state index contributed by atoms with van der Waals surface area (Å²) in [5.41, 5.74) is 0.914. The summed E-state index contributed by atoms with van der Waals surface area (Å²) >= 11 is 0. The molecule has 0 fully saturated rings. The van der Waals surface area contributed by atoms with Crippen molar-refractivity contribution >= 4 is 11.8 Å². The molecule has 1 atom stereocenters. The molecule has 25 heavy (non-hydrogen) atoms. The van der Waals surface area contributed by atoms with E-state index in [-0.39, 0.29) is 5.78 Å². The van der Waals surface area contributed by atoms with Crippen molar-refractivity contribution in [3.8, 4) is 5.75 Å². The third-order valence-electron chi connectivity index (χ3n) is 4.94. The third-order valence-corrected chi connectivity index (χ3v) is 4.94. The van der Waals surface area contributed by atoms with Gasteiger partial charge >= 0.3 is 5.97 Å². The average molecular weight is 342 g/mol. The molecule has 0 N–H and O–H groups in total. The number of hydrogen-bond donors (Lipinski definition) is 0. The maximum Gasteiger partial charge on any atom is 0.321 e. The van der Waals surface area contributed by atoms with E-state index in [1.165, 1.54) is 5.57 Å². The van der Waals surface area contributed by atoms with Crippen molar-refractivity contribution in [3.63, 3.8) is 0 Å². The highest BCUT2D eigenvalue weighted by atomic mass is 16.6. The number of esters is 1. The summed E-state index contributed by atoms with van der Waals surface area (Å²) in [5, 5.41) is 0. The smallest absolute Gasteiger partial charge is 0.321 e. The number of benzene rings is 1. The van der Waals surface area contributed by atoms with E-state index in [9.17, 15) is 9.59 Å². The Hall–Kier alpha value is -2.10. The lowest BCUT2D eigenvalue weighted by atomic mass is 9.77. The number of fused-ring (bicyclic) bond motifs is 1. The fraction of sp³-hybridized carbons (Fsp3) is 0.524. The summed E-state index contributed by atoms with van der Waals surface area (Å²) in [5.74, 6) is 0.173. The molecular formula is C21H26O4. The Morgan fingerprint density at radius 3 is 2.64 bits per heavy atom. The molecule has 0 amide bonds. The molecule has 0 unspecified atom stereocenters. The molecule has 4 heteroatoms. The molecule has 0 radical (unpaired) electrons.